The van der Waals surface area contributed by atoms with E-state index in [1.165, 1.54) is 11.0 Å². The number of hydrogen-bond donors (Lipinski definition) is 2. The second-order valence-electron chi connectivity index (χ2n) is 7.09. The molecule has 2 fully saturated rings. The molecule has 2 saturated heterocycles. The lowest BCUT2D eigenvalue weighted by molar-refractivity contribution is -0.143. The van der Waals surface area contributed by atoms with E-state index < -0.39 is 29.6 Å². The summed E-state index contributed by atoms with van der Waals surface area (Å²) in [4.78, 5) is 25.4. The first kappa shape index (κ1) is 18.6. The number of nitrogens with zero attached hydrogens (tertiary/aromatic N) is 1. The van der Waals surface area contributed by atoms with Gasteiger partial charge in [-0.15, -0.1) is 0 Å². The lowest BCUT2D eigenvalue weighted by Gasteiger charge is -2.35. The lowest BCUT2D eigenvalue weighted by atomic mass is 9.91. The minimum atomic E-state index is -0.961. The van der Waals surface area contributed by atoms with Crippen LogP contribution in [0.5, 0.6) is 0 Å². The molecule has 2 aliphatic heterocycles. The highest BCUT2D eigenvalue weighted by atomic mass is 19.2. The Balaban J connectivity index is 1.67. The topological polar surface area (TPSA) is 78.9 Å². The molecule has 26 heavy (non-hydrogen) atoms. The van der Waals surface area contributed by atoms with E-state index in [9.17, 15) is 23.5 Å². The van der Waals surface area contributed by atoms with E-state index in [0.717, 1.165) is 12.1 Å². The molecule has 0 radical (unpaired) electrons. The molecule has 0 bridgehead atoms. The molecule has 2 aliphatic rings. The average molecular weight is 368 g/mol. The summed E-state index contributed by atoms with van der Waals surface area (Å²) in [6.45, 7) is 2.95. The van der Waals surface area contributed by atoms with Crippen molar-refractivity contribution in [2.45, 2.75) is 31.9 Å². The van der Waals surface area contributed by atoms with Crippen molar-refractivity contribution in [3.05, 3.63) is 35.4 Å². The number of nitrogens with one attached hydrogen (secondary N) is 1. The van der Waals surface area contributed by atoms with Gasteiger partial charge in [-0.1, -0.05) is 13.0 Å². The summed E-state index contributed by atoms with van der Waals surface area (Å²) >= 11 is 0. The van der Waals surface area contributed by atoms with Gasteiger partial charge in [-0.05, 0) is 36.5 Å². The van der Waals surface area contributed by atoms with Gasteiger partial charge in [-0.25, -0.2) is 13.6 Å². The van der Waals surface area contributed by atoms with E-state index in [1.807, 2.05) is 6.92 Å². The molecule has 1 aromatic rings. The van der Waals surface area contributed by atoms with Crippen LogP contribution in [0, 0.1) is 23.5 Å². The molecule has 0 aromatic heterocycles. The van der Waals surface area contributed by atoms with E-state index in [4.69, 9.17) is 4.74 Å². The van der Waals surface area contributed by atoms with Crippen LogP contribution in [0.25, 0.3) is 0 Å². The SMILES string of the molecule is CC1CC(C(=O)O)CN(C(=O)NC2CCOC2c2ccc(F)c(F)c2)C1. The number of likely N-dealkylation sites (tertiary alicyclic amines) is 1. The number of aliphatic carboxylic acids is 1. The molecule has 4 atom stereocenters. The van der Waals surface area contributed by atoms with Gasteiger partial charge in [0.05, 0.1) is 12.0 Å². The standard InChI is InChI=1S/C18H22F2N2O4/c1-10-6-12(17(23)24)9-22(8-10)18(25)21-15-4-5-26-16(15)11-2-3-13(19)14(20)7-11/h2-3,7,10,12,15-16H,4-6,8-9H2,1H3,(H,21,25)(H,23,24). The number of piperidine rings is 1. The highest BCUT2D eigenvalue weighted by Crippen LogP contribution is 2.30. The Kier molecular flexibility index (Phi) is 5.41. The molecule has 0 saturated carbocycles. The van der Waals surface area contributed by atoms with Crippen molar-refractivity contribution in [2.75, 3.05) is 19.7 Å². The summed E-state index contributed by atoms with van der Waals surface area (Å²) in [5.74, 6) is -3.28. The van der Waals surface area contributed by atoms with Crippen molar-refractivity contribution < 1.29 is 28.2 Å². The number of hydrogen-bond acceptors (Lipinski definition) is 3. The number of carboxylic acids is 1. The average Bonchev–Trinajstić information content (AvgIpc) is 3.04. The highest BCUT2D eigenvalue weighted by molar-refractivity contribution is 5.77. The van der Waals surface area contributed by atoms with Crippen molar-refractivity contribution in [1.29, 1.82) is 0 Å². The molecule has 0 spiro atoms. The maximum Gasteiger partial charge on any atom is 0.317 e. The second kappa shape index (κ2) is 7.57. The lowest BCUT2D eigenvalue weighted by Crippen LogP contribution is -2.52. The third kappa shape index (κ3) is 3.95. The maximum absolute atomic E-state index is 13.5. The predicted molar refractivity (Wildman–Crippen MR) is 88.5 cm³/mol. The van der Waals surface area contributed by atoms with Crippen LogP contribution in [0.15, 0.2) is 18.2 Å². The van der Waals surface area contributed by atoms with E-state index in [-0.39, 0.29) is 24.5 Å². The Labute approximate surface area is 150 Å². The van der Waals surface area contributed by atoms with Crippen LogP contribution in [0.2, 0.25) is 0 Å². The van der Waals surface area contributed by atoms with Crippen molar-refractivity contribution >= 4 is 12.0 Å². The summed E-state index contributed by atoms with van der Waals surface area (Å²) in [6, 6.07) is 2.82. The van der Waals surface area contributed by atoms with Gasteiger partial charge in [0.1, 0.15) is 6.10 Å². The second-order valence-corrected chi connectivity index (χ2v) is 7.09. The van der Waals surface area contributed by atoms with Crippen molar-refractivity contribution in [2.24, 2.45) is 11.8 Å². The first-order valence-corrected chi connectivity index (χ1v) is 8.70. The van der Waals surface area contributed by atoms with Gasteiger partial charge in [-0.2, -0.15) is 0 Å². The van der Waals surface area contributed by atoms with Gasteiger partial charge >= 0.3 is 12.0 Å². The summed E-state index contributed by atoms with van der Waals surface area (Å²) in [7, 11) is 0. The zero-order chi connectivity index (χ0) is 18.8. The number of carbonyl (C=O) groups is 2. The predicted octanol–water partition coefficient (Wildman–Crippen LogP) is 2.55. The number of carboxylic acid groups (broad SMARTS) is 1. The van der Waals surface area contributed by atoms with Crippen molar-refractivity contribution in [3.63, 3.8) is 0 Å². The minimum absolute atomic E-state index is 0.0948. The molecule has 2 amide bonds. The van der Waals surface area contributed by atoms with E-state index in [2.05, 4.69) is 5.32 Å². The Morgan fingerprint density at radius 3 is 2.73 bits per heavy atom. The maximum atomic E-state index is 13.5. The van der Waals surface area contributed by atoms with Gasteiger partial charge in [-0.3, -0.25) is 4.79 Å². The summed E-state index contributed by atoms with van der Waals surface area (Å²) < 4.78 is 32.2. The third-order valence-electron chi connectivity index (χ3n) is 4.97. The van der Waals surface area contributed by atoms with Gasteiger partial charge in [0.2, 0.25) is 0 Å². The molecule has 3 rings (SSSR count). The molecule has 142 valence electrons. The largest absolute Gasteiger partial charge is 0.481 e. The van der Waals surface area contributed by atoms with Crippen LogP contribution < -0.4 is 5.32 Å². The number of urea groups is 1. The zero-order valence-electron chi connectivity index (χ0n) is 14.5. The number of ether oxygens (including phenoxy) is 1. The molecule has 1 aromatic carbocycles. The summed E-state index contributed by atoms with van der Waals surface area (Å²) in [5.41, 5.74) is 0.460. The highest BCUT2D eigenvalue weighted by Gasteiger charge is 2.36. The van der Waals surface area contributed by atoms with Crippen molar-refractivity contribution in [1.82, 2.24) is 10.2 Å². The Morgan fingerprint density at radius 2 is 2.04 bits per heavy atom. The number of carbonyl (C=O) groups excluding carboxylic acids is 1. The van der Waals surface area contributed by atoms with E-state index in [1.54, 1.807) is 0 Å². The molecule has 4 unspecified atom stereocenters. The molecular formula is C18H22F2N2O4. The third-order valence-corrected chi connectivity index (χ3v) is 4.97. The van der Waals surface area contributed by atoms with Crippen LogP contribution in [0.4, 0.5) is 13.6 Å². The van der Waals surface area contributed by atoms with Gasteiger partial charge in [0.15, 0.2) is 11.6 Å². The Bertz CT molecular complexity index is 700. The van der Waals surface area contributed by atoms with Crippen LogP contribution in [-0.2, 0) is 9.53 Å². The fourth-order valence-corrected chi connectivity index (χ4v) is 3.70. The van der Waals surface area contributed by atoms with E-state index >= 15 is 0 Å². The van der Waals surface area contributed by atoms with Crippen molar-refractivity contribution in [3.8, 4) is 0 Å². The summed E-state index contributed by atoms with van der Waals surface area (Å²) in [5, 5.41) is 12.1. The molecular weight excluding hydrogens is 346 g/mol. The first-order chi connectivity index (χ1) is 12.3. The normalized spacial score (nSPS) is 28.8. The molecule has 0 aliphatic carbocycles. The van der Waals surface area contributed by atoms with Crippen LogP contribution >= 0.6 is 0 Å². The number of rotatable bonds is 3. The Morgan fingerprint density at radius 1 is 1.27 bits per heavy atom. The van der Waals surface area contributed by atoms with Crippen LogP contribution in [-0.4, -0.2) is 47.7 Å². The Hall–Kier alpha value is -2.22. The fourth-order valence-electron chi connectivity index (χ4n) is 3.70. The zero-order valence-corrected chi connectivity index (χ0v) is 14.5. The first-order valence-electron chi connectivity index (χ1n) is 8.70. The minimum Gasteiger partial charge on any atom is -0.481 e. The number of amides is 2. The molecule has 6 nitrogen and oxygen atoms in total. The molecule has 2 N–H and O–H groups in total. The monoisotopic (exact) mass is 368 g/mol. The van der Waals surface area contributed by atoms with Gasteiger partial charge in [0.25, 0.3) is 0 Å². The quantitative estimate of drug-likeness (QED) is 0.859. The van der Waals surface area contributed by atoms with E-state index in [0.29, 0.717) is 31.6 Å². The number of benzene rings is 1. The van der Waals surface area contributed by atoms with Gasteiger partial charge < -0.3 is 20.1 Å². The number of halogens is 2. The smallest absolute Gasteiger partial charge is 0.317 e. The fraction of sp³-hybridized carbons (Fsp3) is 0.556. The van der Waals surface area contributed by atoms with Crippen LogP contribution in [0.1, 0.15) is 31.4 Å². The molecule has 2 heterocycles. The van der Waals surface area contributed by atoms with Gasteiger partial charge in [0, 0.05) is 19.7 Å². The van der Waals surface area contributed by atoms with Crippen LogP contribution in [0.3, 0.4) is 0 Å². The summed E-state index contributed by atoms with van der Waals surface area (Å²) in [6.07, 6.45) is 0.524. The molecule has 8 heteroatoms.